The number of benzene rings is 2. The zero-order chi connectivity index (χ0) is 25.8. The molecule has 1 aliphatic heterocycles. The van der Waals surface area contributed by atoms with Gasteiger partial charge < -0.3 is 28.6 Å². The van der Waals surface area contributed by atoms with E-state index < -0.39 is 29.5 Å². The van der Waals surface area contributed by atoms with Crippen LogP contribution < -0.4 is 9.47 Å². The number of carbonyl (C=O) groups excluding carboxylic acids is 3. The Kier molecular flexibility index (Phi) is 7.10. The van der Waals surface area contributed by atoms with Gasteiger partial charge in [-0.05, 0) is 53.9 Å². The van der Waals surface area contributed by atoms with Crippen LogP contribution in [0.2, 0.25) is 0 Å². The number of ketones is 1. The first-order valence-corrected chi connectivity index (χ1v) is 11.1. The van der Waals surface area contributed by atoms with Crippen LogP contribution in [0.3, 0.4) is 0 Å². The van der Waals surface area contributed by atoms with Crippen molar-refractivity contribution >= 4 is 17.7 Å². The molecule has 1 unspecified atom stereocenters. The van der Waals surface area contributed by atoms with E-state index in [1.54, 1.807) is 43.5 Å². The van der Waals surface area contributed by atoms with Gasteiger partial charge in [-0.25, -0.2) is 4.79 Å². The Labute approximate surface area is 207 Å². The minimum atomic E-state index is -0.887. The predicted molar refractivity (Wildman–Crippen MR) is 128 cm³/mol. The Morgan fingerprint density at radius 1 is 1.00 bits per heavy atom. The summed E-state index contributed by atoms with van der Waals surface area (Å²) in [7, 11) is 4.36. The molecule has 0 saturated carbocycles. The molecule has 9 nitrogen and oxygen atoms in total. The molecule has 1 aromatic heterocycles. The maximum Gasteiger partial charge on any atom is 0.337 e. The fourth-order valence-corrected chi connectivity index (χ4v) is 4.21. The van der Waals surface area contributed by atoms with Crippen LogP contribution in [-0.2, 0) is 16.0 Å². The van der Waals surface area contributed by atoms with Gasteiger partial charge in [0.2, 0.25) is 5.78 Å². The number of ether oxygens (including phenoxy) is 3. The van der Waals surface area contributed by atoms with Gasteiger partial charge in [0.1, 0.15) is 0 Å². The highest BCUT2D eigenvalue weighted by molar-refractivity contribution is 6.15. The number of rotatable bonds is 9. The molecule has 0 fully saturated rings. The van der Waals surface area contributed by atoms with E-state index in [2.05, 4.69) is 0 Å². The number of esters is 1. The van der Waals surface area contributed by atoms with E-state index in [4.69, 9.17) is 18.6 Å². The topological polar surface area (TPSA) is 116 Å². The number of aliphatic hydroxyl groups excluding tert-OH is 1. The monoisotopic (exact) mass is 491 g/mol. The van der Waals surface area contributed by atoms with Gasteiger partial charge in [0, 0.05) is 6.54 Å². The van der Waals surface area contributed by atoms with Crippen molar-refractivity contribution in [2.24, 2.45) is 0 Å². The minimum absolute atomic E-state index is 0.00210. The fourth-order valence-electron chi connectivity index (χ4n) is 4.21. The molecule has 1 amide bonds. The van der Waals surface area contributed by atoms with Crippen molar-refractivity contribution in [1.29, 1.82) is 0 Å². The smallest absolute Gasteiger partial charge is 0.337 e. The third kappa shape index (κ3) is 4.55. The fraction of sp³-hybridized carbons (Fsp3) is 0.222. The normalized spacial score (nSPS) is 15.2. The second-order valence-corrected chi connectivity index (χ2v) is 8.02. The molecule has 186 valence electrons. The predicted octanol–water partition coefficient (Wildman–Crippen LogP) is 3.90. The molecule has 0 aliphatic carbocycles. The molecular weight excluding hydrogens is 466 g/mol. The number of hydrogen-bond acceptors (Lipinski definition) is 8. The first kappa shape index (κ1) is 24.6. The number of methoxy groups -OCH3 is 3. The van der Waals surface area contributed by atoms with Crippen molar-refractivity contribution in [1.82, 2.24) is 4.90 Å². The van der Waals surface area contributed by atoms with Crippen LogP contribution in [0.25, 0.3) is 0 Å². The first-order valence-electron chi connectivity index (χ1n) is 11.1. The standard InChI is InChI=1S/C27H25NO8/c1-33-19-11-6-16(15-21(19)34-2)12-13-28-23(17-7-9-18(10-8-17)27(32)35-3)22(25(30)26(28)31)24(29)20-5-4-14-36-20/h4-11,14-15,23,30H,12-13H2,1-3H3. The maximum absolute atomic E-state index is 13.2. The maximum atomic E-state index is 13.2. The van der Waals surface area contributed by atoms with Gasteiger partial charge in [0.15, 0.2) is 23.0 Å². The highest BCUT2D eigenvalue weighted by Crippen LogP contribution is 2.39. The van der Waals surface area contributed by atoms with Crippen molar-refractivity contribution in [3.8, 4) is 11.5 Å². The number of hydrogen-bond donors (Lipinski definition) is 1. The number of aliphatic hydroxyl groups is 1. The lowest BCUT2D eigenvalue weighted by Gasteiger charge is -2.27. The van der Waals surface area contributed by atoms with Gasteiger partial charge in [0.05, 0.1) is 44.8 Å². The average molecular weight is 491 g/mol. The lowest BCUT2D eigenvalue weighted by molar-refractivity contribution is -0.129. The molecule has 4 rings (SSSR count). The van der Waals surface area contributed by atoms with E-state index in [1.807, 2.05) is 12.1 Å². The van der Waals surface area contributed by atoms with Crippen molar-refractivity contribution in [2.45, 2.75) is 12.5 Å². The number of carbonyl (C=O) groups is 3. The van der Waals surface area contributed by atoms with Crippen molar-refractivity contribution < 1.29 is 38.1 Å². The zero-order valence-electron chi connectivity index (χ0n) is 20.0. The molecule has 36 heavy (non-hydrogen) atoms. The van der Waals surface area contributed by atoms with E-state index in [-0.39, 0.29) is 17.9 Å². The Morgan fingerprint density at radius 2 is 1.72 bits per heavy atom. The summed E-state index contributed by atoms with van der Waals surface area (Å²) in [5, 5.41) is 10.8. The van der Waals surface area contributed by atoms with E-state index >= 15 is 0 Å². The molecule has 0 saturated heterocycles. The van der Waals surface area contributed by atoms with Crippen molar-refractivity contribution in [3.63, 3.8) is 0 Å². The lowest BCUT2D eigenvalue weighted by Crippen LogP contribution is -2.33. The van der Waals surface area contributed by atoms with Crippen LogP contribution in [-0.4, -0.2) is 55.5 Å². The molecule has 2 aromatic carbocycles. The molecule has 0 spiro atoms. The SMILES string of the molecule is COC(=O)c1ccc(C2C(C(=O)c3ccco3)=C(O)C(=O)N2CCc2ccc(OC)c(OC)c2)cc1. The van der Waals surface area contributed by atoms with E-state index in [1.165, 1.54) is 31.4 Å². The van der Waals surface area contributed by atoms with Gasteiger partial charge in [-0.15, -0.1) is 0 Å². The Balaban J connectivity index is 1.69. The van der Waals surface area contributed by atoms with Crippen LogP contribution in [0.1, 0.15) is 38.1 Å². The summed E-state index contributed by atoms with van der Waals surface area (Å²) < 4.78 is 20.6. The zero-order valence-corrected chi connectivity index (χ0v) is 20.0. The van der Waals surface area contributed by atoms with E-state index in [0.29, 0.717) is 29.0 Å². The summed E-state index contributed by atoms with van der Waals surface area (Å²) >= 11 is 0. The molecule has 3 aromatic rings. The highest BCUT2D eigenvalue weighted by Gasteiger charge is 2.44. The average Bonchev–Trinajstić information content (AvgIpc) is 3.54. The summed E-state index contributed by atoms with van der Waals surface area (Å²) in [6.07, 6.45) is 1.76. The van der Waals surface area contributed by atoms with Crippen molar-refractivity contribution in [2.75, 3.05) is 27.9 Å². The Bertz CT molecular complexity index is 1310. The summed E-state index contributed by atoms with van der Waals surface area (Å²) in [5.41, 5.74) is 1.63. The van der Waals surface area contributed by atoms with E-state index in [9.17, 15) is 19.5 Å². The van der Waals surface area contributed by atoms with Crippen LogP contribution in [0.5, 0.6) is 11.5 Å². The summed E-state index contributed by atoms with van der Waals surface area (Å²) in [4.78, 5) is 39.7. The van der Waals surface area contributed by atoms with E-state index in [0.717, 1.165) is 5.56 Å². The highest BCUT2D eigenvalue weighted by atomic mass is 16.5. The molecule has 2 heterocycles. The largest absolute Gasteiger partial charge is 0.503 e. The molecule has 0 bridgehead atoms. The second-order valence-electron chi connectivity index (χ2n) is 8.02. The number of furan rings is 1. The Hall–Kier alpha value is -4.53. The third-order valence-electron chi connectivity index (χ3n) is 6.03. The van der Waals surface area contributed by atoms with Crippen LogP contribution in [0, 0.1) is 0 Å². The van der Waals surface area contributed by atoms with Gasteiger partial charge in [-0.1, -0.05) is 18.2 Å². The van der Waals surface area contributed by atoms with Gasteiger partial charge >= 0.3 is 5.97 Å². The molecular formula is C27H25NO8. The summed E-state index contributed by atoms with van der Waals surface area (Å²) in [5.74, 6) is -1.29. The first-order chi connectivity index (χ1) is 17.4. The minimum Gasteiger partial charge on any atom is -0.503 e. The van der Waals surface area contributed by atoms with Crippen molar-refractivity contribution in [3.05, 3.63) is 94.6 Å². The number of Topliss-reactive ketones (excluding diaryl/α,β-unsaturated/α-hetero) is 1. The third-order valence-corrected chi connectivity index (χ3v) is 6.03. The summed E-state index contributed by atoms with van der Waals surface area (Å²) in [6.45, 7) is 0.191. The second kappa shape index (κ2) is 10.4. The molecule has 0 radical (unpaired) electrons. The molecule has 9 heteroatoms. The van der Waals surface area contributed by atoms with Crippen LogP contribution in [0.4, 0.5) is 0 Å². The van der Waals surface area contributed by atoms with Crippen LogP contribution in [0.15, 0.2) is 76.6 Å². The molecule has 1 N–H and O–H groups in total. The lowest BCUT2D eigenvalue weighted by atomic mass is 9.94. The van der Waals surface area contributed by atoms with Gasteiger partial charge in [-0.3, -0.25) is 9.59 Å². The summed E-state index contributed by atoms with van der Waals surface area (Å²) in [6, 6.07) is 13.9. The molecule has 1 aliphatic rings. The Morgan fingerprint density at radius 3 is 2.33 bits per heavy atom. The van der Waals surface area contributed by atoms with Crippen LogP contribution >= 0.6 is 0 Å². The van der Waals surface area contributed by atoms with Gasteiger partial charge in [-0.2, -0.15) is 0 Å². The quantitative estimate of drug-likeness (QED) is 0.354. The number of nitrogens with zero attached hydrogens (tertiary/aromatic N) is 1. The number of amides is 1. The van der Waals surface area contributed by atoms with Gasteiger partial charge in [0.25, 0.3) is 5.91 Å². The molecule has 1 atom stereocenters.